The molecule has 5 heteroatoms. The molecule has 4 saturated carbocycles. The molecule has 0 spiro atoms. The summed E-state index contributed by atoms with van der Waals surface area (Å²) in [6, 6.07) is 0. The Bertz CT molecular complexity index is 1050. The highest BCUT2D eigenvalue weighted by Gasteiger charge is 2.68. The van der Waals surface area contributed by atoms with Gasteiger partial charge in [-0.15, -0.1) is 0 Å². The molecule has 5 nitrogen and oxygen atoms in total. The van der Waals surface area contributed by atoms with Crippen LogP contribution in [-0.4, -0.2) is 33.7 Å². The zero-order valence-electron chi connectivity index (χ0n) is 26.4. The minimum Gasteiger partial charge on any atom is -0.481 e. The number of nitrogens with one attached hydrogen (secondary N) is 1. The van der Waals surface area contributed by atoms with Gasteiger partial charge in [0.05, 0.1) is 11.6 Å². The van der Waals surface area contributed by atoms with Crippen LogP contribution in [0.2, 0.25) is 0 Å². The highest BCUT2D eigenvalue weighted by atomic mass is 16.4. The molecule has 0 aromatic rings. The Hall–Kier alpha value is -1.36. The second-order valence-corrected chi connectivity index (χ2v) is 16.3. The van der Waals surface area contributed by atoms with Crippen molar-refractivity contribution in [2.45, 2.75) is 144 Å². The lowest BCUT2D eigenvalue weighted by Gasteiger charge is -2.71. The molecule has 11 atom stereocenters. The lowest BCUT2D eigenvalue weighted by Crippen LogP contribution is -2.71. The molecule has 5 rings (SSSR count). The van der Waals surface area contributed by atoms with Crippen LogP contribution >= 0.6 is 0 Å². The van der Waals surface area contributed by atoms with E-state index in [1.807, 2.05) is 0 Å². The Morgan fingerprint density at radius 1 is 0.900 bits per heavy atom. The molecule has 4 fully saturated rings. The van der Waals surface area contributed by atoms with E-state index in [1.54, 1.807) is 5.57 Å². The monoisotopic (exact) mass is 555 g/mol. The minimum absolute atomic E-state index is 0.0470. The SMILES string of the molecule is C[C@H]1[C@H](C)CC[C@]2(C)CC[C@]3(C)C(=CC[C@@H]4[C@@]5(C)CC[C@@H](O)[C@](C)(NC(=O)CCCCC(=O)O)[C@@H]5CC[C@]43C)[C@H]12. The smallest absolute Gasteiger partial charge is 0.303 e. The average molecular weight is 556 g/mol. The van der Waals surface area contributed by atoms with Gasteiger partial charge in [-0.25, -0.2) is 0 Å². The van der Waals surface area contributed by atoms with E-state index in [4.69, 9.17) is 5.11 Å². The van der Waals surface area contributed by atoms with Crippen molar-refractivity contribution in [2.24, 2.45) is 51.2 Å². The van der Waals surface area contributed by atoms with Crippen molar-refractivity contribution >= 4 is 11.9 Å². The van der Waals surface area contributed by atoms with Crippen LogP contribution in [0.1, 0.15) is 132 Å². The summed E-state index contributed by atoms with van der Waals surface area (Å²) in [6.07, 6.45) is 14.0. The van der Waals surface area contributed by atoms with Crippen LogP contribution in [-0.2, 0) is 9.59 Å². The molecule has 0 saturated heterocycles. The van der Waals surface area contributed by atoms with E-state index in [1.165, 1.54) is 25.7 Å². The topological polar surface area (TPSA) is 86.6 Å². The summed E-state index contributed by atoms with van der Waals surface area (Å²) < 4.78 is 0. The van der Waals surface area contributed by atoms with Gasteiger partial charge in [0.15, 0.2) is 0 Å². The van der Waals surface area contributed by atoms with Crippen molar-refractivity contribution in [1.82, 2.24) is 5.32 Å². The average Bonchev–Trinajstić information content (AvgIpc) is 2.88. The van der Waals surface area contributed by atoms with E-state index in [0.717, 1.165) is 43.9 Å². The number of carbonyl (C=O) groups excluding carboxylic acids is 1. The van der Waals surface area contributed by atoms with Crippen molar-refractivity contribution in [2.75, 3.05) is 0 Å². The molecule has 5 aliphatic rings. The van der Waals surface area contributed by atoms with Crippen LogP contribution in [0, 0.1) is 51.2 Å². The van der Waals surface area contributed by atoms with E-state index < -0.39 is 17.6 Å². The largest absolute Gasteiger partial charge is 0.481 e. The molecule has 0 aromatic heterocycles. The van der Waals surface area contributed by atoms with Gasteiger partial charge in [0, 0.05) is 12.8 Å². The van der Waals surface area contributed by atoms with Gasteiger partial charge in [0.25, 0.3) is 0 Å². The molecule has 0 aliphatic heterocycles. The van der Waals surface area contributed by atoms with Crippen molar-refractivity contribution in [3.8, 4) is 0 Å². The Morgan fingerprint density at radius 2 is 1.60 bits per heavy atom. The highest BCUT2D eigenvalue weighted by molar-refractivity contribution is 5.77. The summed E-state index contributed by atoms with van der Waals surface area (Å²) in [6.45, 7) is 17.4. The number of amides is 1. The number of aliphatic hydroxyl groups excluding tert-OH is 1. The lowest BCUT2D eigenvalue weighted by molar-refractivity contribution is -0.193. The number of aliphatic hydroxyl groups is 1. The second-order valence-electron chi connectivity index (χ2n) is 16.3. The van der Waals surface area contributed by atoms with E-state index in [2.05, 4.69) is 59.9 Å². The van der Waals surface area contributed by atoms with Gasteiger partial charge in [-0.05, 0) is 129 Å². The minimum atomic E-state index is -0.815. The van der Waals surface area contributed by atoms with E-state index in [-0.39, 0.29) is 34.5 Å². The third kappa shape index (κ3) is 4.33. The Morgan fingerprint density at radius 3 is 2.30 bits per heavy atom. The summed E-state index contributed by atoms with van der Waals surface area (Å²) in [7, 11) is 0. The summed E-state index contributed by atoms with van der Waals surface area (Å²) in [4.78, 5) is 24.0. The van der Waals surface area contributed by atoms with Crippen LogP contribution in [0.5, 0.6) is 0 Å². The highest BCUT2D eigenvalue weighted by Crippen LogP contribution is 2.75. The Balaban J connectivity index is 1.43. The molecule has 0 bridgehead atoms. The van der Waals surface area contributed by atoms with Crippen LogP contribution in [0.4, 0.5) is 0 Å². The number of carboxylic acid groups (broad SMARTS) is 1. The van der Waals surface area contributed by atoms with Gasteiger partial charge in [0.1, 0.15) is 0 Å². The van der Waals surface area contributed by atoms with Crippen molar-refractivity contribution < 1.29 is 19.8 Å². The first-order valence-electron chi connectivity index (χ1n) is 16.5. The number of carboxylic acids is 1. The summed E-state index contributed by atoms with van der Waals surface area (Å²) in [5.41, 5.74) is 2.04. The van der Waals surface area contributed by atoms with Gasteiger partial charge < -0.3 is 15.5 Å². The molecule has 3 N–H and O–H groups in total. The number of unbranched alkanes of at least 4 members (excludes halogenated alkanes) is 1. The van der Waals surface area contributed by atoms with Crippen molar-refractivity contribution in [3.63, 3.8) is 0 Å². The molecule has 0 heterocycles. The molecule has 40 heavy (non-hydrogen) atoms. The summed E-state index contributed by atoms with van der Waals surface area (Å²) in [5.74, 6) is 2.11. The second kappa shape index (κ2) is 10.1. The molecule has 0 unspecified atom stereocenters. The summed E-state index contributed by atoms with van der Waals surface area (Å²) in [5, 5.41) is 23.6. The van der Waals surface area contributed by atoms with E-state index in [9.17, 15) is 14.7 Å². The maximum absolute atomic E-state index is 13.1. The number of allylic oxidation sites excluding steroid dienone is 2. The third-order valence-electron chi connectivity index (χ3n) is 14.5. The third-order valence-corrected chi connectivity index (χ3v) is 14.5. The standard InChI is InChI=1S/C35H57NO4/c1-22-14-17-31(3)20-21-33(5)24(30(31)23(22)2)12-13-25-32(4)18-16-27(37)35(7,26(32)15-19-34(25,33)6)36-28(38)10-8-9-11-29(39)40/h12,22-23,25-27,30,37H,8-11,13-21H2,1-7H3,(H,36,38)(H,39,40)/t22-,23+,25-,26-,27-,30+,31-,32-,33-,34-,35-/m1/s1. The number of hydrogen-bond donors (Lipinski definition) is 3. The fraction of sp³-hybridized carbons (Fsp3) is 0.886. The Labute approximate surface area is 243 Å². The number of hydrogen-bond acceptors (Lipinski definition) is 3. The van der Waals surface area contributed by atoms with Gasteiger partial charge in [-0.3, -0.25) is 9.59 Å². The molecule has 1 amide bonds. The molecule has 226 valence electrons. The van der Waals surface area contributed by atoms with Gasteiger partial charge >= 0.3 is 5.97 Å². The quantitative estimate of drug-likeness (QED) is 0.234. The van der Waals surface area contributed by atoms with Crippen LogP contribution in [0.25, 0.3) is 0 Å². The zero-order chi connectivity index (χ0) is 29.3. The maximum Gasteiger partial charge on any atom is 0.303 e. The lowest BCUT2D eigenvalue weighted by atomic mass is 9.34. The number of carbonyl (C=O) groups is 2. The number of aliphatic carboxylic acids is 1. The first-order valence-corrected chi connectivity index (χ1v) is 16.5. The fourth-order valence-corrected chi connectivity index (χ4v) is 11.6. The molecule has 5 aliphatic carbocycles. The molecular formula is C35H57NO4. The molecular weight excluding hydrogens is 498 g/mol. The number of fused-ring (bicyclic) bond motifs is 7. The van der Waals surface area contributed by atoms with Crippen LogP contribution < -0.4 is 5.32 Å². The maximum atomic E-state index is 13.1. The van der Waals surface area contributed by atoms with Gasteiger partial charge in [-0.2, -0.15) is 0 Å². The van der Waals surface area contributed by atoms with Crippen LogP contribution in [0.15, 0.2) is 11.6 Å². The van der Waals surface area contributed by atoms with E-state index in [0.29, 0.717) is 36.5 Å². The summed E-state index contributed by atoms with van der Waals surface area (Å²) >= 11 is 0. The molecule has 0 aromatic carbocycles. The normalized spacial score (nSPS) is 50.0. The van der Waals surface area contributed by atoms with Crippen molar-refractivity contribution in [3.05, 3.63) is 11.6 Å². The zero-order valence-corrected chi connectivity index (χ0v) is 26.4. The van der Waals surface area contributed by atoms with Crippen LogP contribution in [0.3, 0.4) is 0 Å². The fourth-order valence-electron chi connectivity index (χ4n) is 11.6. The van der Waals surface area contributed by atoms with Gasteiger partial charge in [0.2, 0.25) is 5.91 Å². The van der Waals surface area contributed by atoms with E-state index >= 15 is 0 Å². The first-order chi connectivity index (χ1) is 18.6. The predicted octanol–water partition coefficient (Wildman–Crippen LogP) is 7.52. The first kappa shape index (κ1) is 30.1. The predicted molar refractivity (Wildman–Crippen MR) is 160 cm³/mol. The van der Waals surface area contributed by atoms with Crippen molar-refractivity contribution in [1.29, 1.82) is 0 Å². The number of rotatable bonds is 6. The molecule has 0 radical (unpaired) electrons. The van der Waals surface area contributed by atoms with Gasteiger partial charge in [-0.1, -0.05) is 53.2 Å². The Kier molecular flexibility index (Phi) is 7.62.